The maximum absolute atomic E-state index is 13.1. The summed E-state index contributed by atoms with van der Waals surface area (Å²) in [4.78, 5) is 19.5. The molecule has 1 heterocycles. The molecule has 0 bridgehead atoms. The number of anilines is 2. The van der Waals surface area contributed by atoms with Crippen LogP contribution in [0.15, 0.2) is 47.8 Å². The normalized spacial score (nSPS) is 10.9. The molecule has 0 saturated carbocycles. The number of carbonyl (C=O) groups excluding carboxylic acids is 1. The maximum atomic E-state index is 13.1. The van der Waals surface area contributed by atoms with E-state index in [1.54, 1.807) is 12.0 Å². The third-order valence-corrected chi connectivity index (χ3v) is 5.37. The second kappa shape index (κ2) is 9.78. The first-order valence-electron chi connectivity index (χ1n) is 9.49. The van der Waals surface area contributed by atoms with Crippen LogP contribution >= 0.6 is 11.3 Å². The van der Waals surface area contributed by atoms with Crippen molar-refractivity contribution in [3.63, 3.8) is 0 Å². The number of aryl methyl sites for hydroxylation is 3. The minimum atomic E-state index is -0.153. The molecule has 0 aliphatic rings. The van der Waals surface area contributed by atoms with Crippen molar-refractivity contribution in [3.05, 3.63) is 64.5 Å². The zero-order chi connectivity index (χ0) is 20.8. The summed E-state index contributed by atoms with van der Waals surface area (Å²) < 4.78 is 10.5. The van der Waals surface area contributed by atoms with E-state index in [1.807, 2.05) is 49.6 Å². The molecule has 0 unspecified atom stereocenters. The molecule has 1 amide bonds. The summed E-state index contributed by atoms with van der Waals surface area (Å²) in [7, 11) is 1.61. The van der Waals surface area contributed by atoms with Gasteiger partial charge in [-0.1, -0.05) is 42.0 Å². The number of aromatic nitrogens is 1. The number of benzene rings is 2. The van der Waals surface area contributed by atoms with Crippen LogP contribution in [-0.4, -0.2) is 37.8 Å². The van der Waals surface area contributed by atoms with Crippen molar-refractivity contribution in [1.29, 1.82) is 0 Å². The lowest BCUT2D eigenvalue weighted by atomic mass is 10.1. The van der Waals surface area contributed by atoms with Gasteiger partial charge in [-0.25, -0.2) is 4.98 Å². The van der Waals surface area contributed by atoms with Crippen LogP contribution in [0.2, 0.25) is 0 Å². The highest BCUT2D eigenvalue weighted by atomic mass is 32.1. The van der Waals surface area contributed by atoms with Gasteiger partial charge in [-0.15, -0.1) is 11.3 Å². The van der Waals surface area contributed by atoms with Crippen LogP contribution in [0, 0.1) is 20.8 Å². The first kappa shape index (κ1) is 21.2. The lowest BCUT2D eigenvalue weighted by molar-refractivity contribution is -0.122. The number of thiazole rings is 1. The van der Waals surface area contributed by atoms with E-state index in [0.717, 1.165) is 28.1 Å². The molecule has 0 aliphatic heterocycles. The van der Waals surface area contributed by atoms with Crippen LogP contribution in [0.5, 0.6) is 0 Å². The fraction of sp³-hybridized carbons (Fsp3) is 0.304. The summed E-state index contributed by atoms with van der Waals surface area (Å²) in [5.41, 5.74) is 6.00. The van der Waals surface area contributed by atoms with Crippen LogP contribution in [0.4, 0.5) is 10.8 Å². The minimum absolute atomic E-state index is 0.0316. The highest BCUT2D eigenvalue weighted by Crippen LogP contribution is 2.34. The fourth-order valence-corrected chi connectivity index (χ4v) is 3.76. The Labute approximate surface area is 175 Å². The molecular weight excluding hydrogens is 384 g/mol. The summed E-state index contributed by atoms with van der Waals surface area (Å²) in [6.45, 7) is 6.85. The maximum Gasteiger partial charge on any atom is 0.259 e. The largest absolute Gasteiger partial charge is 0.382 e. The summed E-state index contributed by atoms with van der Waals surface area (Å²) in [6.07, 6.45) is 0. The van der Waals surface area contributed by atoms with Crippen molar-refractivity contribution >= 4 is 28.1 Å². The number of rotatable bonds is 8. The van der Waals surface area contributed by atoms with E-state index in [-0.39, 0.29) is 12.5 Å². The first-order valence-corrected chi connectivity index (χ1v) is 10.4. The van der Waals surface area contributed by atoms with Crippen LogP contribution in [0.1, 0.15) is 16.7 Å². The van der Waals surface area contributed by atoms with E-state index in [9.17, 15) is 4.79 Å². The quantitative estimate of drug-likeness (QED) is 0.487. The molecular formula is C23H26N2O3S. The van der Waals surface area contributed by atoms with Crippen molar-refractivity contribution in [2.75, 3.05) is 31.8 Å². The predicted molar refractivity (Wildman–Crippen MR) is 118 cm³/mol. The Hall–Kier alpha value is -2.54. The first-order chi connectivity index (χ1) is 14.0. The minimum Gasteiger partial charge on any atom is -0.382 e. The lowest BCUT2D eigenvalue weighted by Gasteiger charge is -2.22. The molecule has 5 nitrogen and oxygen atoms in total. The zero-order valence-electron chi connectivity index (χ0n) is 17.3. The average molecular weight is 411 g/mol. The molecule has 0 saturated heterocycles. The number of hydrogen-bond donors (Lipinski definition) is 0. The fourth-order valence-electron chi connectivity index (χ4n) is 2.89. The van der Waals surface area contributed by atoms with Crippen molar-refractivity contribution in [2.24, 2.45) is 0 Å². The average Bonchev–Trinajstić information content (AvgIpc) is 3.18. The summed E-state index contributed by atoms with van der Waals surface area (Å²) in [6, 6.07) is 14.3. The number of nitrogens with zero attached hydrogens (tertiary/aromatic N) is 2. The molecule has 3 aromatic rings. The molecule has 0 spiro atoms. The molecule has 0 fully saturated rings. The topological polar surface area (TPSA) is 51.7 Å². The third kappa shape index (κ3) is 5.29. The van der Waals surface area contributed by atoms with Gasteiger partial charge in [0, 0.05) is 18.1 Å². The Morgan fingerprint density at radius 1 is 1.03 bits per heavy atom. The van der Waals surface area contributed by atoms with Gasteiger partial charge in [-0.05, 0) is 38.0 Å². The Morgan fingerprint density at radius 2 is 1.76 bits per heavy atom. The number of hydrogen-bond acceptors (Lipinski definition) is 5. The molecule has 0 atom stereocenters. The van der Waals surface area contributed by atoms with Crippen molar-refractivity contribution in [3.8, 4) is 11.3 Å². The number of methoxy groups -OCH3 is 1. The van der Waals surface area contributed by atoms with Gasteiger partial charge >= 0.3 is 0 Å². The third-order valence-electron chi connectivity index (χ3n) is 4.54. The smallest absolute Gasteiger partial charge is 0.259 e. The number of amides is 1. The van der Waals surface area contributed by atoms with Crippen molar-refractivity contribution in [1.82, 2.24) is 4.98 Å². The highest BCUT2D eigenvalue weighted by molar-refractivity contribution is 7.14. The van der Waals surface area contributed by atoms with Gasteiger partial charge in [0.25, 0.3) is 5.91 Å². The van der Waals surface area contributed by atoms with E-state index in [1.165, 1.54) is 16.9 Å². The lowest BCUT2D eigenvalue weighted by Crippen LogP contribution is -2.30. The summed E-state index contributed by atoms with van der Waals surface area (Å²) in [5, 5.41) is 2.62. The van der Waals surface area contributed by atoms with E-state index in [2.05, 4.69) is 19.1 Å². The van der Waals surface area contributed by atoms with Gasteiger partial charge < -0.3 is 9.47 Å². The Kier molecular flexibility index (Phi) is 7.14. The van der Waals surface area contributed by atoms with Gasteiger partial charge in [-0.3, -0.25) is 9.69 Å². The number of carbonyl (C=O) groups is 1. The summed E-state index contributed by atoms with van der Waals surface area (Å²) >= 11 is 1.45. The van der Waals surface area contributed by atoms with E-state index in [0.29, 0.717) is 18.3 Å². The second-order valence-electron chi connectivity index (χ2n) is 6.95. The highest BCUT2D eigenvalue weighted by Gasteiger charge is 2.23. The zero-order valence-corrected chi connectivity index (χ0v) is 18.1. The van der Waals surface area contributed by atoms with E-state index >= 15 is 0 Å². The summed E-state index contributed by atoms with van der Waals surface area (Å²) in [5.74, 6) is -0.153. The van der Waals surface area contributed by atoms with E-state index < -0.39 is 0 Å². The van der Waals surface area contributed by atoms with Crippen LogP contribution in [0.25, 0.3) is 11.3 Å². The molecule has 0 radical (unpaired) electrons. The Morgan fingerprint density at radius 3 is 2.48 bits per heavy atom. The van der Waals surface area contributed by atoms with E-state index in [4.69, 9.17) is 14.5 Å². The molecule has 0 aliphatic carbocycles. The second-order valence-corrected chi connectivity index (χ2v) is 7.78. The molecule has 152 valence electrons. The van der Waals surface area contributed by atoms with Gasteiger partial charge in [0.2, 0.25) is 0 Å². The molecule has 2 aromatic carbocycles. The molecule has 6 heteroatoms. The van der Waals surface area contributed by atoms with Gasteiger partial charge in [0.1, 0.15) is 6.61 Å². The van der Waals surface area contributed by atoms with Crippen LogP contribution in [0.3, 0.4) is 0 Å². The van der Waals surface area contributed by atoms with Crippen LogP contribution in [-0.2, 0) is 14.3 Å². The van der Waals surface area contributed by atoms with Gasteiger partial charge in [-0.2, -0.15) is 0 Å². The predicted octanol–water partition coefficient (Wildman–Crippen LogP) is 5.06. The van der Waals surface area contributed by atoms with Crippen molar-refractivity contribution in [2.45, 2.75) is 20.8 Å². The Bertz CT molecular complexity index is 967. The molecule has 29 heavy (non-hydrogen) atoms. The van der Waals surface area contributed by atoms with Gasteiger partial charge in [0.05, 0.1) is 24.6 Å². The molecule has 1 aromatic heterocycles. The molecule has 3 rings (SSSR count). The van der Waals surface area contributed by atoms with Crippen LogP contribution < -0.4 is 4.90 Å². The van der Waals surface area contributed by atoms with Gasteiger partial charge in [0.15, 0.2) is 5.13 Å². The SMILES string of the molecule is COCCOCC(=O)N(c1nc(-c2ccc(C)cc2)cs1)c1cc(C)ccc1C. The van der Waals surface area contributed by atoms with Crippen molar-refractivity contribution < 1.29 is 14.3 Å². The Balaban J connectivity index is 1.93. The number of ether oxygens (including phenoxy) is 2. The molecule has 0 N–H and O–H groups in total. The monoisotopic (exact) mass is 410 g/mol. The standard InChI is InChI=1S/C23H26N2O3S/c1-16-6-9-19(10-7-16)20-15-29-23(24-20)25(22(26)14-28-12-11-27-4)21-13-17(2)5-8-18(21)3/h5-10,13,15H,11-12,14H2,1-4H3.